The summed E-state index contributed by atoms with van der Waals surface area (Å²) >= 11 is 0. The zero-order chi connectivity index (χ0) is 14.1. The van der Waals surface area contributed by atoms with E-state index in [-0.39, 0.29) is 17.2 Å². The second-order valence-electron chi connectivity index (χ2n) is 4.10. The van der Waals surface area contributed by atoms with Crippen LogP contribution in [0.2, 0.25) is 0 Å². The van der Waals surface area contributed by atoms with Gasteiger partial charge in [0.25, 0.3) is 5.91 Å². The van der Waals surface area contributed by atoms with Gasteiger partial charge in [0.15, 0.2) is 0 Å². The van der Waals surface area contributed by atoms with Crippen molar-refractivity contribution in [3.05, 3.63) is 23.8 Å². The third-order valence-corrected chi connectivity index (χ3v) is 2.55. The van der Waals surface area contributed by atoms with Gasteiger partial charge in [0, 0.05) is 25.8 Å². The molecule has 5 nitrogen and oxygen atoms in total. The average molecular weight is 267 g/mol. The summed E-state index contributed by atoms with van der Waals surface area (Å²) in [6, 6.07) is 4.59. The minimum Gasteiger partial charge on any atom is -0.507 e. The van der Waals surface area contributed by atoms with Crippen LogP contribution in [0.4, 0.5) is 0 Å². The van der Waals surface area contributed by atoms with Gasteiger partial charge in [-0.2, -0.15) is 0 Å². The van der Waals surface area contributed by atoms with Crippen molar-refractivity contribution >= 4 is 5.91 Å². The van der Waals surface area contributed by atoms with Crippen LogP contribution in [0.5, 0.6) is 11.5 Å². The molecule has 0 aliphatic rings. The first kappa shape index (κ1) is 15.3. The Kier molecular flexibility index (Phi) is 6.74. The quantitative estimate of drug-likeness (QED) is 0.706. The lowest BCUT2D eigenvalue weighted by atomic mass is 10.2. The number of phenolic OH excluding ortho intramolecular Hbond substituents is 1. The predicted octanol–water partition coefficient (Wildman–Crippen LogP) is 1.95. The van der Waals surface area contributed by atoms with Crippen molar-refractivity contribution < 1.29 is 19.4 Å². The molecule has 0 aliphatic carbocycles. The van der Waals surface area contributed by atoms with Gasteiger partial charge in [0.05, 0.1) is 12.7 Å². The number of aromatic hydroxyl groups is 1. The number of amides is 1. The number of carbonyl (C=O) groups excluding carboxylic acids is 1. The number of ether oxygens (including phenoxy) is 2. The predicted molar refractivity (Wildman–Crippen MR) is 72.7 cm³/mol. The summed E-state index contributed by atoms with van der Waals surface area (Å²) in [4.78, 5) is 11.8. The number of methoxy groups -OCH3 is 1. The molecule has 0 saturated heterocycles. The van der Waals surface area contributed by atoms with Gasteiger partial charge in [0.1, 0.15) is 11.5 Å². The summed E-state index contributed by atoms with van der Waals surface area (Å²) < 4.78 is 10.3. The van der Waals surface area contributed by atoms with Gasteiger partial charge in [-0.15, -0.1) is 0 Å². The zero-order valence-electron chi connectivity index (χ0n) is 11.4. The van der Waals surface area contributed by atoms with Crippen molar-refractivity contribution in [1.82, 2.24) is 5.32 Å². The van der Waals surface area contributed by atoms with Gasteiger partial charge in [-0.05, 0) is 25.0 Å². The summed E-state index contributed by atoms with van der Waals surface area (Å²) in [7, 11) is 1.50. The first-order valence-corrected chi connectivity index (χ1v) is 6.42. The van der Waals surface area contributed by atoms with Crippen LogP contribution < -0.4 is 10.1 Å². The third-order valence-electron chi connectivity index (χ3n) is 2.55. The van der Waals surface area contributed by atoms with Crippen LogP contribution in [-0.2, 0) is 4.74 Å². The molecule has 5 heteroatoms. The fraction of sp³-hybridized carbons (Fsp3) is 0.500. The minimum atomic E-state index is -0.296. The molecule has 0 aliphatic heterocycles. The Morgan fingerprint density at radius 1 is 1.37 bits per heavy atom. The minimum absolute atomic E-state index is 0.0842. The number of phenols is 1. The van der Waals surface area contributed by atoms with Crippen LogP contribution >= 0.6 is 0 Å². The lowest BCUT2D eigenvalue weighted by molar-refractivity contribution is 0.0939. The molecule has 1 aromatic carbocycles. The highest BCUT2D eigenvalue weighted by Crippen LogP contribution is 2.23. The van der Waals surface area contributed by atoms with Crippen LogP contribution in [0.3, 0.4) is 0 Å². The molecule has 0 radical (unpaired) electrons. The maximum Gasteiger partial charge on any atom is 0.255 e. The normalized spacial score (nSPS) is 10.2. The van der Waals surface area contributed by atoms with Crippen LogP contribution in [0.25, 0.3) is 0 Å². The van der Waals surface area contributed by atoms with Crippen LogP contribution in [0.15, 0.2) is 18.2 Å². The molecule has 19 heavy (non-hydrogen) atoms. The standard InChI is InChI=1S/C14H21NO4/c1-3-8-19-9-4-7-15-14(17)12-6-5-11(18-2)10-13(12)16/h5-6,10,16H,3-4,7-9H2,1-2H3,(H,15,17). The summed E-state index contributed by atoms with van der Waals surface area (Å²) in [5, 5.41) is 12.4. The maximum absolute atomic E-state index is 11.8. The van der Waals surface area contributed by atoms with E-state index >= 15 is 0 Å². The van der Waals surface area contributed by atoms with E-state index in [0.29, 0.717) is 18.9 Å². The van der Waals surface area contributed by atoms with Crippen molar-refractivity contribution in [2.75, 3.05) is 26.9 Å². The zero-order valence-corrected chi connectivity index (χ0v) is 11.4. The van der Waals surface area contributed by atoms with Gasteiger partial charge >= 0.3 is 0 Å². The summed E-state index contributed by atoms with van der Waals surface area (Å²) in [5.41, 5.74) is 0.246. The molecule has 0 spiro atoms. The van der Waals surface area contributed by atoms with E-state index in [1.165, 1.54) is 19.2 Å². The molecule has 1 rings (SSSR count). The lowest BCUT2D eigenvalue weighted by Gasteiger charge is -2.08. The Morgan fingerprint density at radius 2 is 2.16 bits per heavy atom. The molecule has 1 aromatic rings. The Bertz CT molecular complexity index is 406. The van der Waals surface area contributed by atoms with Gasteiger partial charge in [-0.1, -0.05) is 6.92 Å². The van der Waals surface area contributed by atoms with E-state index in [2.05, 4.69) is 5.32 Å². The highest BCUT2D eigenvalue weighted by Gasteiger charge is 2.11. The van der Waals surface area contributed by atoms with Crippen molar-refractivity contribution in [3.63, 3.8) is 0 Å². The summed E-state index contributed by atoms with van der Waals surface area (Å²) in [6.45, 7) is 3.94. The molecule has 0 fully saturated rings. The van der Waals surface area contributed by atoms with Crippen LogP contribution in [0, 0.1) is 0 Å². The monoisotopic (exact) mass is 267 g/mol. The van der Waals surface area contributed by atoms with Gasteiger partial charge < -0.3 is 19.9 Å². The maximum atomic E-state index is 11.8. The van der Waals surface area contributed by atoms with Gasteiger partial charge in [-0.25, -0.2) is 0 Å². The molecule has 106 valence electrons. The van der Waals surface area contributed by atoms with Crippen molar-refractivity contribution in [1.29, 1.82) is 0 Å². The topological polar surface area (TPSA) is 67.8 Å². The van der Waals surface area contributed by atoms with Gasteiger partial charge in [0.2, 0.25) is 0 Å². The molecular weight excluding hydrogens is 246 g/mol. The third kappa shape index (κ3) is 5.18. The first-order valence-electron chi connectivity index (χ1n) is 6.42. The van der Waals surface area contributed by atoms with E-state index in [0.717, 1.165) is 19.4 Å². The van der Waals surface area contributed by atoms with Gasteiger partial charge in [-0.3, -0.25) is 4.79 Å². The Balaban J connectivity index is 2.37. The first-order chi connectivity index (χ1) is 9.19. The van der Waals surface area contributed by atoms with E-state index in [1.54, 1.807) is 6.07 Å². The lowest BCUT2D eigenvalue weighted by Crippen LogP contribution is -2.25. The highest BCUT2D eigenvalue weighted by molar-refractivity contribution is 5.96. The number of nitrogens with one attached hydrogen (secondary N) is 1. The molecule has 1 amide bonds. The molecule has 2 N–H and O–H groups in total. The second kappa shape index (κ2) is 8.37. The largest absolute Gasteiger partial charge is 0.507 e. The van der Waals surface area contributed by atoms with Crippen molar-refractivity contribution in [2.24, 2.45) is 0 Å². The molecule has 0 bridgehead atoms. The number of benzene rings is 1. The van der Waals surface area contributed by atoms with Crippen molar-refractivity contribution in [2.45, 2.75) is 19.8 Å². The number of hydrogen-bond acceptors (Lipinski definition) is 4. The average Bonchev–Trinajstić information content (AvgIpc) is 2.42. The Morgan fingerprint density at radius 3 is 2.79 bits per heavy atom. The Labute approximate surface area is 113 Å². The SMILES string of the molecule is CCCOCCCNC(=O)c1ccc(OC)cc1O. The number of hydrogen-bond donors (Lipinski definition) is 2. The van der Waals surface area contributed by atoms with Crippen LogP contribution in [-0.4, -0.2) is 37.9 Å². The molecular formula is C14H21NO4. The van der Waals surface area contributed by atoms with Crippen LogP contribution in [0.1, 0.15) is 30.1 Å². The summed E-state index contributed by atoms with van der Waals surface area (Å²) in [6.07, 6.45) is 1.74. The fourth-order valence-corrected chi connectivity index (χ4v) is 1.55. The molecule has 0 heterocycles. The number of carbonyl (C=O) groups is 1. The molecule has 0 aromatic heterocycles. The molecule has 0 saturated carbocycles. The molecule has 0 atom stereocenters. The smallest absolute Gasteiger partial charge is 0.255 e. The fourth-order valence-electron chi connectivity index (χ4n) is 1.55. The summed E-state index contributed by atoms with van der Waals surface area (Å²) in [5.74, 6) is 0.136. The number of rotatable bonds is 8. The van der Waals surface area contributed by atoms with E-state index in [1.807, 2.05) is 6.92 Å². The van der Waals surface area contributed by atoms with Crippen molar-refractivity contribution in [3.8, 4) is 11.5 Å². The molecule has 0 unspecified atom stereocenters. The van der Waals surface area contributed by atoms with E-state index in [9.17, 15) is 9.90 Å². The van der Waals surface area contributed by atoms with E-state index < -0.39 is 0 Å². The van der Waals surface area contributed by atoms with E-state index in [4.69, 9.17) is 9.47 Å². The second-order valence-corrected chi connectivity index (χ2v) is 4.10. The highest BCUT2D eigenvalue weighted by atomic mass is 16.5. The Hall–Kier alpha value is -1.75.